The topological polar surface area (TPSA) is 106 Å². The van der Waals surface area contributed by atoms with E-state index in [2.05, 4.69) is 10.6 Å². The Morgan fingerprint density at radius 2 is 1.86 bits per heavy atom. The lowest BCUT2D eigenvalue weighted by Crippen LogP contribution is -2.39. The first-order valence-electron chi connectivity index (χ1n) is 6.30. The van der Waals surface area contributed by atoms with Crippen LogP contribution in [0.1, 0.15) is 0 Å². The van der Waals surface area contributed by atoms with Crippen molar-refractivity contribution in [3.63, 3.8) is 0 Å². The molecule has 1 heterocycles. The molecule has 1 unspecified atom stereocenters. The highest BCUT2D eigenvalue weighted by Crippen LogP contribution is 2.18. The van der Waals surface area contributed by atoms with Gasteiger partial charge in [0.1, 0.15) is 5.75 Å². The van der Waals surface area contributed by atoms with Crippen molar-refractivity contribution in [3.8, 4) is 5.75 Å². The zero-order chi connectivity index (χ0) is 15.2. The van der Waals surface area contributed by atoms with E-state index in [-0.39, 0.29) is 6.54 Å². The van der Waals surface area contributed by atoms with E-state index in [9.17, 15) is 9.59 Å². The Labute approximate surface area is 121 Å². The number of amides is 1. The van der Waals surface area contributed by atoms with Crippen LogP contribution < -0.4 is 15.4 Å². The smallest absolute Gasteiger partial charge is 0.497 e. The third kappa shape index (κ3) is 4.16. The summed E-state index contributed by atoms with van der Waals surface area (Å²) >= 11 is 0. The van der Waals surface area contributed by atoms with E-state index in [0.717, 1.165) is 11.4 Å². The maximum absolute atomic E-state index is 11.1. The molecule has 2 rings (SSSR count). The summed E-state index contributed by atoms with van der Waals surface area (Å²) in [5.74, 6) is 0.736. The van der Waals surface area contributed by atoms with Crippen LogP contribution in [0, 0.1) is 0 Å². The Hall–Kier alpha value is -2.64. The minimum atomic E-state index is -1.18. The van der Waals surface area contributed by atoms with Crippen LogP contribution in [-0.4, -0.2) is 49.8 Å². The summed E-state index contributed by atoms with van der Waals surface area (Å²) in [6, 6.07) is 7.23. The normalized spacial score (nSPS) is 20.3. The second-order valence-electron chi connectivity index (χ2n) is 4.36. The first kappa shape index (κ1) is 14.8. The van der Waals surface area contributed by atoms with Crippen LogP contribution in [0.25, 0.3) is 0 Å². The zero-order valence-electron chi connectivity index (χ0n) is 11.4. The maximum atomic E-state index is 11.1. The van der Waals surface area contributed by atoms with Crippen LogP contribution in [0.5, 0.6) is 5.75 Å². The number of hydrogen-bond acceptors (Lipinski definition) is 6. The van der Waals surface area contributed by atoms with Gasteiger partial charge in [-0.25, -0.2) is 9.59 Å². The largest absolute Gasteiger partial charge is 0.509 e. The second kappa shape index (κ2) is 6.69. The second-order valence-corrected chi connectivity index (χ2v) is 4.36. The third-order valence-corrected chi connectivity index (χ3v) is 2.96. The number of rotatable bonds is 6. The molecule has 3 N–H and O–H groups in total. The van der Waals surface area contributed by atoms with Crippen molar-refractivity contribution < 1.29 is 28.9 Å². The number of carbonyl (C=O) groups is 2. The van der Waals surface area contributed by atoms with Crippen molar-refractivity contribution in [3.05, 3.63) is 24.3 Å². The quantitative estimate of drug-likeness (QED) is 0.679. The molecule has 0 spiro atoms. The predicted molar refractivity (Wildman–Crippen MR) is 72.7 cm³/mol. The first-order chi connectivity index (χ1) is 10.1. The van der Waals surface area contributed by atoms with Crippen LogP contribution in [-0.2, 0) is 9.47 Å². The highest BCUT2D eigenvalue weighted by Gasteiger charge is 2.36. The average molecular weight is 296 g/mol. The first-order valence-corrected chi connectivity index (χ1v) is 6.30. The van der Waals surface area contributed by atoms with Gasteiger partial charge in [-0.1, -0.05) is 0 Å². The van der Waals surface area contributed by atoms with Crippen molar-refractivity contribution in [1.29, 1.82) is 0 Å². The summed E-state index contributed by atoms with van der Waals surface area (Å²) in [5.41, 5.74) is 0.823. The van der Waals surface area contributed by atoms with Gasteiger partial charge < -0.3 is 30.0 Å². The minimum absolute atomic E-state index is 0.0178. The summed E-state index contributed by atoms with van der Waals surface area (Å²) in [7, 11) is 1.58. The Morgan fingerprint density at radius 1 is 1.24 bits per heavy atom. The molecule has 8 nitrogen and oxygen atoms in total. The molecule has 1 aromatic carbocycles. The highest BCUT2D eigenvalue weighted by molar-refractivity contribution is 5.65. The Morgan fingerprint density at radius 3 is 2.43 bits per heavy atom. The van der Waals surface area contributed by atoms with Gasteiger partial charge in [0.25, 0.3) is 0 Å². The molecule has 114 valence electrons. The fourth-order valence-corrected chi connectivity index (χ4v) is 1.89. The standard InChI is InChI=1S/C13H16N2O6/c1-19-9-4-2-8(3-5-9)14-6-10-11(7-15-12(16)17)21-13(18)20-10/h2-5,10-11,14-15H,6-7H2,1H3,(H,16,17)/t10?,11-/m1/s1. The molecule has 1 aliphatic rings. The van der Waals surface area contributed by atoms with E-state index in [1.165, 1.54) is 0 Å². The van der Waals surface area contributed by atoms with Gasteiger partial charge in [0.15, 0.2) is 12.2 Å². The van der Waals surface area contributed by atoms with Crippen LogP contribution in [0.2, 0.25) is 0 Å². The molecule has 1 aromatic rings. The summed E-state index contributed by atoms with van der Waals surface area (Å²) in [5, 5.41) is 13.8. The van der Waals surface area contributed by atoms with E-state index < -0.39 is 24.5 Å². The minimum Gasteiger partial charge on any atom is -0.497 e. The Balaban J connectivity index is 1.87. The van der Waals surface area contributed by atoms with Crippen LogP contribution in [0.15, 0.2) is 24.3 Å². The van der Waals surface area contributed by atoms with Crippen LogP contribution in [0.4, 0.5) is 15.3 Å². The molecule has 2 atom stereocenters. The summed E-state index contributed by atoms with van der Waals surface area (Å²) in [6.45, 7) is 0.292. The summed E-state index contributed by atoms with van der Waals surface area (Å²) < 4.78 is 14.9. The monoisotopic (exact) mass is 296 g/mol. The van der Waals surface area contributed by atoms with E-state index in [1.54, 1.807) is 19.2 Å². The molecule has 0 bridgehead atoms. The van der Waals surface area contributed by atoms with E-state index in [4.69, 9.17) is 19.3 Å². The number of benzene rings is 1. The van der Waals surface area contributed by atoms with Crippen LogP contribution >= 0.6 is 0 Å². The maximum Gasteiger partial charge on any atom is 0.509 e. The molecular weight excluding hydrogens is 280 g/mol. The molecule has 1 fully saturated rings. The fraction of sp³-hybridized carbons (Fsp3) is 0.385. The molecule has 0 aromatic heterocycles. The Kier molecular flexibility index (Phi) is 4.70. The molecule has 0 radical (unpaired) electrons. The molecular formula is C13H16N2O6. The molecule has 8 heteroatoms. The number of carbonyl (C=O) groups excluding carboxylic acids is 1. The van der Waals surface area contributed by atoms with Gasteiger partial charge in [0.2, 0.25) is 0 Å². The van der Waals surface area contributed by atoms with Gasteiger partial charge in [0.05, 0.1) is 20.2 Å². The third-order valence-electron chi connectivity index (χ3n) is 2.96. The number of ether oxygens (including phenoxy) is 3. The number of cyclic esters (lactones) is 2. The predicted octanol–water partition coefficient (Wildman–Crippen LogP) is 1.28. The average Bonchev–Trinajstić information content (AvgIpc) is 2.83. The van der Waals surface area contributed by atoms with E-state index in [1.807, 2.05) is 12.1 Å². The molecule has 1 saturated heterocycles. The number of methoxy groups -OCH3 is 1. The molecule has 0 aliphatic carbocycles. The molecule has 21 heavy (non-hydrogen) atoms. The fourth-order valence-electron chi connectivity index (χ4n) is 1.89. The molecule has 1 aliphatic heterocycles. The van der Waals surface area contributed by atoms with Gasteiger partial charge in [-0.05, 0) is 24.3 Å². The van der Waals surface area contributed by atoms with Crippen LogP contribution in [0.3, 0.4) is 0 Å². The lowest BCUT2D eigenvalue weighted by atomic mass is 10.2. The molecule has 1 amide bonds. The van der Waals surface area contributed by atoms with Gasteiger partial charge in [0, 0.05) is 5.69 Å². The Bertz CT molecular complexity index is 504. The van der Waals surface area contributed by atoms with Crippen molar-refractivity contribution >= 4 is 17.9 Å². The highest BCUT2D eigenvalue weighted by atomic mass is 16.8. The van der Waals surface area contributed by atoms with Gasteiger partial charge >= 0.3 is 12.2 Å². The zero-order valence-corrected chi connectivity index (χ0v) is 11.4. The SMILES string of the molecule is COc1ccc(NCC2OC(=O)O[C@@H]2CNC(=O)O)cc1. The van der Waals surface area contributed by atoms with Crippen molar-refractivity contribution in [1.82, 2.24) is 5.32 Å². The van der Waals surface area contributed by atoms with Crippen molar-refractivity contribution in [2.24, 2.45) is 0 Å². The van der Waals surface area contributed by atoms with Gasteiger partial charge in [-0.2, -0.15) is 0 Å². The summed E-state index contributed by atoms with van der Waals surface area (Å²) in [4.78, 5) is 21.6. The number of anilines is 1. The number of hydrogen-bond donors (Lipinski definition) is 3. The lowest BCUT2D eigenvalue weighted by Gasteiger charge is -2.16. The number of carboxylic acid groups (broad SMARTS) is 1. The number of nitrogens with one attached hydrogen (secondary N) is 2. The van der Waals surface area contributed by atoms with E-state index >= 15 is 0 Å². The molecule has 0 saturated carbocycles. The lowest BCUT2D eigenvalue weighted by molar-refractivity contribution is 0.115. The van der Waals surface area contributed by atoms with Gasteiger partial charge in [-0.15, -0.1) is 0 Å². The van der Waals surface area contributed by atoms with Crippen molar-refractivity contribution in [2.75, 3.05) is 25.5 Å². The van der Waals surface area contributed by atoms with Gasteiger partial charge in [-0.3, -0.25) is 0 Å². The summed E-state index contributed by atoms with van der Waals surface area (Å²) in [6.07, 6.45) is -3.20. The van der Waals surface area contributed by atoms with Crippen molar-refractivity contribution in [2.45, 2.75) is 12.2 Å². The van der Waals surface area contributed by atoms with E-state index in [0.29, 0.717) is 6.54 Å².